The third-order valence-electron chi connectivity index (χ3n) is 3.46. The van der Waals surface area contributed by atoms with E-state index in [9.17, 15) is 0 Å². The molecule has 0 aliphatic carbocycles. The molecule has 1 aromatic heterocycles. The van der Waals surface area contributed by atoms with Crippen molar-refractivity contribution in [2.24, 2.45) is 0 Å². The highest BCUT2D eigenvalue weighted by atomic mass is 35.5. The lowest BCUT2D eigenvalue weighted by molar-refractivity contribution is 0.879. The summed E-state index contributed by atoms with van der Waals surface area (Å²) in [4.78, 5) is 0. The van der Waals surface area contributed by atoms with Gasteiger partial charge in [0.25, 0.3) is 0 Å². The van der Waals surface area contributed by atoms with Crippen molar-refractivity contribution in [3.05, 3.63) is 77.1 Å². The van der Waals surface area contributed by atoms with Crippen LogP contribution in [0.5, 0.6) is 0 Å². The first-order valence-electron chi connectivity index (χ1n) is 6.82. The van der Waals surface area contributed by atoms with Crippen molar-refractivity contribution in [1.82, 2.24) is 9.78 Å². The number of nitrogens with zero attached hydrogens (tertiary/aromatic N) is 2. The number of halogens is 1. The number of rotatable bonds is 4. The van der Waals surface area contributed by atoms with E-state index >= 15 is 0 Å². The second-order valence-corrected chi connectivity index (χ2v) is 5.29. The Balaban J connectivity index is 1.70. The van der Waals surface area contributed by atoms with Crippen LogP contribution in [-0.4, -0.2) is 9.78 Å². The SMILES string of the molecule is Cc1c(Cl)cccc1NCc1ccc(-n2cccn2)cc1. The molecule has 0 amide bonds. The summed E-state index contributed by atoms with van der Waals surface area (Å²) in [6.07, 6.45) is 3.71. The van der Waals surface area contributed by atoms with E-state index in [1.54, 1.807) is 6.20 Å². The summed E-state index contributed by atoms with van der Waals surface area (Å²) in [5, 5.41) is 8.42. The molecule has 4 heteroatoms. The monoisotopic (exact) mass is 297 g/mol. The van der Waals surface area contributed by atoms with Gasteiger partial charge in [-0.15, -0.1) is 0 Å². The van der Waals surface area contributed by atoms with Gasteiger partial charge in [0.15, 0.2) is 0 Å². The van der Waals surface area contributed by atoms with Gasteiger partial charge in [-0.25, -0.2) is 4.68 Å². The third-order valence-corrected chi connectivity index (χ3v) is 3.87. The number of benzene rings is 2. The average molecular weight is 298 g/mol. The van der Waals surface area contributed by atoms with Crippen LogP contribution in [0.25, 0.3) is 5.69 Å². The molecule has 0 radical (unpaired) electrons. The van der Waals surface area contributed by atoms with Gasteiger partial charge in [-0.3, -0.25) is 0 Å². The lowest BCUT2D eigenvalue weighted by atomic mass is 10.1. The van der Waals surface area contributed by atoms with E-state index < -0.39 is 0 Å². The largest absolute Gasteiger partial charge is 0.381 e. The molecular formula is C17H16ClN3. The fourth-order valence-electron chi connectivity index (χ4n) is 2.18. The second kappa shape index (κ2) is 6.02. The topological polar surface area (TPSA) is 29.9 Å². The molecule has 0 fully saturated rings. The Morgan fingerprint density at radius 3 is 2.62 bits per heavy atom. The van der Waals surface area contributed by atoms with E-state index in [-0.39, 0.29) is 0 Å². The maximum absolute atomic E-state index is 6.12. The van der Waals surface area contributed by atoms with Crippen LogP contribution >= 0.6 is 11.6 Å². The summed E-state index contributed by atoms with van der Waals surface area (Å²) in [6, 6.07) is 16.1. The van der Waals surface area contributed by atoms with Crippen molar-refractivity contribution < 1.29 is 0 Å². The Morgan fingerprint density at radius 2 is 1.90 bits per heavy atom. The Labute approximate surface area is 129 Å². The van der Waals surface area contributed by atoms with E-state index in [1.165, 1.54) is 5.56 Å². The molecule has 0 unspecified atom stereocenters. The highest BCUT2D eigenvalue weighted by Gasteiger charge is 2.02. The van der Waals surface area contributed by atoms with Crippen molar-refractivity contribution >= 4 is 17.3 Å². The first-order valence-corrected chi connectivity index (χ1v) is 7.20. The molecule has 2 aromatic carbocycles. The Hall–Kier alpha value is -2.26. The van der Waals surface area contributed by atoms with E-state index in [0.717, 1.165) is 28.5 Å². The fourth-order valence-corrected chi connectivity index (χ4v) is 2.36. The van der Waals surface area contributed by atoms with Gasteiger partial charge < -0.3 is 5.32 Å². The van der Waals surface area contributed by atoms with Crippen LogP contribution in [0.15, 0.2) is 60.9 Å². The van der Waals surface area contributed by atoms with E-state index in [0.29, 0.717) is 0 Å². The highest BCUT2D eigenvalue weighted by molar-refractivity contribution is 6.31. The number of anilines is 1. The molecule has 0 saturated carbocycles. The molecule has 0 aliphatic rings. The van der Waals surface area contributed by atoms with Crippen molar-refractivity contribution in [1.29, 1.82) is 0 Å². The molecule has 1 heterocycles. The molecule has 21 heavy (non-hydrogen) atoms. The van der Waals surface area contributed by atoms with Crippen molar-refractivity contribution in [2.75, 3.05) is 5.32 Å². The van der Waals surface area contributed by atoms with Crippen molar-refractivity contribution in [3.63, 3.8) is 0 Å². The van der Waals surface area contributed by atoms with Gasteiger partial charge in [0.1, 0.15) is 0 Å². The van der Waals surface area contributed by atoms with Gasteiger partial charge in [-0.1, -0.05) is 29.8 Å². The maximum Gasteiger partial charge on any atom is 0.0645 e. The summed E-state index contributed by atoms with van der Waals surface area (Å²) >= 11 is 6.12. The van der Waals surface area contributed by atoms with Crippen LogP contribution in [0.1, 0.15) is 11.1 Å². The lowest BCUT2D eigenvalue weighted by Gasteiger charge is -2.11. The lowest BCUT2D eigenvalue weighted by Crippen LogP contribution is -2.02. The molecule has 0 aliphatic heterocycles. The quantitative estimate of drug-likeness (QED) is 0.771. The maximum atomic E-state index is 6.12. The number of aromatic nitrogens is 2. The van der Waals surface area contributed by atoms with Gasteiger partial charge >= 0.3 is 0 Å². The molecule has 1 N–H and O–H groups in total. The van der Waals surface area contributed by atoms with Crippen LogP contribution in [-0.2, 0) is 6.54 Å². The zero-order chi connectivity index (χ0) is 14.7. The van der Waals surface area contributed by atoms with Gasteiger partial charge in [-0.2, -0.15) is 5.10 Å². The van der Waals surface area contributed by atoms with Crippen molar-refractivity contribution in [3.8, 4) is 5.69 Å². The summed E-state index contributed by atoms with van der Waals surface area (Å²) in [5.41, 5.74) is 4.42. The van der Waals surface area contributed by atoms with Crippen molar-refractivity contribution in [2.45, 2.75) is 13.5 Å². The smallest absolute Gasteiger partial charge is 0.0645 e. The number of hydrogen-bond acceptors (Lipinski definition) is 2. The molecule has 106 valence electrons. The predicted molar refractivity (Wildman–Crippen MR) is 87.1 cm³/mol. The van der Waals surface area contributed by atoms with E-state index in [2.05, 4.69) is 34.7 Å². The zero-order valence-electron chi connectivity index (χ0n) is 11.8. The molecule has 3 rings (SSSR count). The average Bonchev–Trinajstić information content (AvgIpc) is 3.04. The first-order chi connectivity index (χ1) is 10.2. The Bertz CT molecular complexity index is 718. The van der Waals surface area contributed by atoms with Gasteiger partial charge in [-0.05, 0) is 48.4 Å². The molecule has 0 spiro atoms. The zero-order valence-corrected chi connectivity index (χ0v) is 12.5. The second-order valence-electron chi connectivity index (χ2n) is 4.88. The molecule has 3 nitrogen and oxygen atoms in total. The third kappa shape index (κ3) is 3.09. The summed E-state index contributed by atoms with van der Waals surface area (Å²) in [7, 11) is 0. The minimum atomic E-state index is 0.764. The first kappa shape index (κ1) is 13.7. The van der Waals surface area contributed by atoms with Gasteiger partial charge in [0.05, 0.1) is 5.69 Å². The summed E-state index contributed by atoms with van der Waals surface area (Å²) in [5.74, 6) is 0. The number of hydrogen-bond donors (Lipinski definition) is 1. The highest BCUT2D eigenvalue weighted by Crippen LogP contribution is 2.23. The van der Waals surface area contributed by atoms with Gasteiger partial charge in [0, 0.05) is 29.6 Å². The Kier molecular flexibility index (Phi) is 3.93. The molecule has 3 aromatic rings. The predicted octanol–water partition coefficient (Wildman–Crippen LogP) is 4.45. The summed E-state index contributed by atoms with van der Waals surface area (Å²) < 4.78 is 1.85. The van der Waals surface area contributed by atoms with E-state index in [4.69, 9.17) is 11.6 Å². The summed E-state index contributed by atoms with van der Waals surface area (Å²) in [6.45, 7) is 2.78. The van der Waals surface area contributed by atoms with Crippen LogP contribution in [0.2, 0.25) is 5.02 Å². The normalized spacial score (nSPS) is 10.6. The van der Waals surface area contributed by atoms with E-state index in [1.807, 2.05) is 42.1 Å². The molecular weight excluding hydrogens is 282 g/mol. The Morgan fingerprint density at radius 1 is 1.10 bits per heavy atom. The van der Waals surface area contributed by atoms with Crippen LogP contribution in [0.3, 0.4) is 0 Å². The van der Waals surface area contributed by atoms with Crippen LogP contribution in [0.4, 0.5) is 5.69 Å². The molecule has 0 saturated heterocycles. The van der Waals surface area contributed by atoms with Crippen LogP contribution < -0.4 is 5.32 Å². The minimum Gasteiger partial charge on any atom is -0.381 e. The molecule has 0 bridgehead atoms. The number of nitrogens with one attached hydrogen (secondary N) is 1. The fraction of sp³-hybridized carbons (Fsp3) is 0.118. The minimum absolute atomic E-state index is 0.764. The molecule has 0 atom stereocenters. The van der Waals surface area contributed by atoms with Gasteiger partial charge in [0.2, 0.25) is 0 Å². The van der Waals surface area contributed by atoms with Crippen LogP contribution in [0, 0.1) is 6.92 Å². The standard InChI is InChI=1S/C17H16ClN3/c1-13-16(18)4-2-5-17(13)19-12-14-6-8-15(9-7-14)21-11-3-10-20-21/h2-11,19H,12H2,1H3.